The molecular weight excluding hydrogens is 398 g/mol. The molecule has 140 valence electrons. The number of carbonyl (C=O) groups is 1. The Balaban J connectivity index is 1.95. The zero-order chi connectivity index (χ0) is 19.1. The molecule has 0 N–H and O–H groups in total. The Hall–Kier alpha value is -2.21. The zero-order valence-electron chi connectivity index (χ0n) is 15.5. The van der Waals surface area contributed by atoms with E-state index in [1.807, 2.05) is 36.4 Å². The van der Waals surface area contributed by atoms with Crippen molar-refractivity contribution < 1.29 is 19.0 Å². The zero-order valence-corrected chi connectivity index (χ0v) is 17.1. The third-order valence-corrected chi connectivity index (χ3v) is 4.67. The van der Waals surface area contributed by atoms with Gasteiger partial charge < -0.3 is 19.1 Å². The van der Waals surface area contributed by atoms with Crippen molar-refractivity contribution in [3.05, 3.63) is 52.0 Å². The van der Waals surface area contributed by atoms with Crippen molar-refractivity contribution in [2.45, 2.75) is 19.9 Å². The lowest BCUT2D eigenvalue weighted by atomic mass is 10.2. The van der Waals surface area contributed by atoms with Gasteiger partial charge in [-0.25, -0.2) is 0 Å². The highest BCUT2D eigenvalue weighted by atomic mass is 79.9. The average Bonchev–Trinajstić information content (AvgIpc) is 2.66. The molecule has 2 aromatic carbocycles. The number of nitrogens with zero attached hydrogens (tertiary/aromatic N) is 1. The molecule has 0 aliphatic rings. The molecule has 26 heavy (non-hydrogen) atoms. The molecule has 1 amide bonds. The topological polar surface area (TPSA) is 48.0 Å². The molecule has 6 heteroatoms. The summed E-state index contributed by atoms with van der Waals surface area (Å²) in [6.45, 7) is 2.53. The first-order valence-corrected chi connectivity index (χ1v) is 9.13. The Morgan fingerprint density at radius 3 is 2.27 bits per heavy atom. The first-order valence-electron chi connectivity index (χ1n) is 8.34. The Bertz CT molecular complexity index is 763. The maximum absolute atomic E-state index is 12.4. The second-order valence-corrected chi connectivity index (χ2v) is 6.70. The normalized spacial score (nSPS) is 10.3. The van der Waals surface area contributed by atoms with Crippen molar-refractivity contribution >= 4 is 21.8 Å². The number of aryl methyl sites for hydroxylation is 1. The van der Waals surface area contributed by atoms with Crippen LogP contribution in [0, 0.1) is 0 Å². The van der Waals surface area contributed by atoms with Gasteiger partial charge in [-0.2, -0.15) is 0 Å². The maximum atomic E-state index is 12.4. The first kappa shape index (κ1) is 20.1. The van der Waals surface area contributed by atoms with E-state index in [0.29, 0.717) is 23.8 Å². The minimum absolute atomic E-state index is 0.0200. The summed E-state index contributed by atoms with van der Waals surface area (Å²) in [6.07, 6.45) is 0.950. The third-order valence-electron chi connectivity index (χ3n) is 4.05. The monoisotopic (exact) mass is 421 g/mol. The molecule has 0 aliphatic heterocycles. The molecule has 0 atom stereocenters. The van der Waals surface area contributed by atoms with Crippen LogP contribution in [0.25, 0.3) is 0 Å². The van der Waals surface area contributed by atoms with Crippen molar-refractivity contribution in [2.75, 3.05) is 27.9 Å². The second kappa shape index (κ2) is 9.48. The van der Waals surface area contributed by atoms with Crippen LogP contribution in [0.4, 0.5) is 0 Å². The number of hydrogen-bond donors (Lipinski definition) is 0. The third kappa shape index (κ3) is 5.14. The predicted molar refractivity (Wildman–Crippen MR) is 105 cm³/mol. The number of rotatable bonds is 8. The molecular formula is C20H24BrNO4. The van der Waals surface area contributed by atoms with Crippen molar-refractivity contribution in [1.82, 2.24) is 4.90 Å². The summed E-state index contributed by atoms with van der Waals surface area (Å²) in [7, 11) is 4.93. The summed E-state index contributed by atoms with van der Waals surface area (Å²) in [6, 6.07) is 11.5. The highest BCUT2D eigenvalue weighted by Gasteiger charge is 2.13. The molecule has 5 nitrogen and oxygen atoms in total. The lowest BCUT2D eigenvalue weighted by molar-refractivity contribution is -0.132. The van der Waals surface area contributed by atoms with Gasteiger partial charge >= 0.3 is 0 Å². The van der Waals surface area contributed by atoms with Gasteiger partial charge in [0.1, 0.15) is 5.75 Å². The van der Waals surface area contributed by atoms with Crippen molar-refractivity contribution in [3.8, 4) is 17.2 Å². The lowest BCUT2D eigenvalue weighted by Gasteiger charge is -2.19. The van der Waals surface area contributed by atoms with Crippen LogP contribution < -0.4 is 14.2 Å². The number of carbonyl (C=O) groups excluding carboxylic acids is 1. The van der Waals surface area contributed by atoms with E-state index in [1.54, 1.807) is 26.2 Å². The molecule has 0 saturated carbocycles. The predicted octanol–water partition coefficient (Wildman–Crippen LogP) is 4.07. The molecule has 0 spiro atoms. The summed E-state index contributed by atoms with van der Waals surface area (Å²) in [4.78, 5) is 14.0. The van der Waals surface area contributed by atoms with E-state index < -0.39 is 0 Å². The van der Waals surface area contributed by atoms with E-state index in [2.05, 4.69) is 22.9 Å². The highest BCUT2D eigenvalue weighted by molar-refractivity contribution is 9.10. The molecule has 2 rings (SSSR count). The molecule has 0 bridgehead atoms. The standard InChI is InChI=1S/C20H24BrNO4/c1-5-14-6-8-17(16(21)10-14)26-13-20(23)22(2)12-15-7-9-18(24-3)19(11-15)25-4/h6-11H,5,12-13H2,1-4H3. The Morgan fingerprint density at radius 2 is 1.65 bits per heavy atom. The number of methoxy groups -OCH3 is 2. The van der Waals surface area contributed by atoms with E-state index in [0.717, 1.165) is 16.5 Å². The quantitative estimate of drug-likeness (QED) is 0.644. The van der Waals surface area contributed by atoms with Gasteiger partial charge in [-0.15, -0.1) is 0 Å². The van der Waals surface area contributed by atoms with Crippen LogP contribution in [0.1, 0.15) is 18.1 Å². The van der Waals surface area contributed by atoms with Crippen molar-refractivity contribution in [3.63, 3.8) is 0 Å². The van der Waals surface area contributed by atoms with Gasteiger partial charge in [-0.3, -0.25) is 4.79 Å². The van der Waals surface area contributed by atoms with E-state index >= 15 is 0 Å². The minimum atomic E-state index is -0.105. The first-order chi connectivity index (χ1) is 12.5. The van der Waals surface area contributed by atoms with Crippen LogP contribution in [-0.2, 0) is 17.8 Å². The average molecular weight is 422 g/mol. The van der Waals surface area contributed by atoms with Crippen LogP contribution in [0.3, 0.4) is 0 Å². The van der Waals surface area contributed by atoms with Gasteiger partial charge in [0.05, 0.1) is 18.7 Å². The summed E-state index contributed by atoms with van der Waals surface area (Å²) >= 11 is 3.48. The van der Waals surface area contributed by atoms with E-state index in [4.69, 9.17) is 14.2 Å². The molecule has 0 heterocycles. The fraction of sp³-hybridized carbons (Fsp3) is 0.350. The smallest absolute Gasteiger partial charge is 0.260 e. The summed E-state index contributed by atoms with van der Waals surface area (Å²) < 4.78 is 17.0. The van der Waals surface area contributed by atoms with Crippen LogP contribution in [0.2, 0.25) is 0 Å². The Kier molecular flexibility index (Phi) is 7.33. The van der Waals surface area contributed by atoms with Gasteiger partial charge in [-0.1, -0.05) is 19.1 Å². The Labute approximate surface area is 163 Å². The number of halogens is 1. The molecule has 0 fully saturated rings. The lowest BCUT2D eigenvalue weighted by Crippen LogP contribution is -2.31. The van der Waals surface area contributed by atoms with Crippen LogP contribution >= 0.6 is 15.9 Å². The maximum Gasteiger partial charge on any atom is 0.260 e. The summed E-state index contributed by atoms with van der Waals surface area (Å²) in [5, 5.41) is 0. The summed E-state index contributed by atoms with van der Waals surface area (Å²) in [5.74, 6) is 1.86. The molecule has 0 unspecified atom stereocenters. The van der Waals surface area contributed by atoms with Gasteiger partial charge in [0.2, 0.25) is 0 Å². The van der Waals surface area contributed by atoms with Gasteiger partial charge in [0.25, 0.3) is 5.91 Å². The largest absolute Gasteiger partial charge is 0.493 e. The van der Waals surface area contributed by atoms with Crippen molar-refractivity contribution in [2.24, 2.45) is 0 Å². The molecule has 0 aliphatic carbocycles. The van der Waals surface area contributed by atoms with Crippen LogP contribution in [0.15, 0.2) is 40.9 Å². The number of hydrogen-bond acceptors (Lipinski definition) is 4. The van der Waals surface area contributed by atoms with E-state index in [1.165, 1.54) is 5.56 Å². The minimum Gasteiger partial charge on any atom is -0.493 e. The molecule has 0 aromatic heterocycles. The fourth-order valence-electron chi connectivity index (χ4n) is 2.47. The number of likely N-dealkylation sites (N-methyl/N-ethyl adjacent to an activating group) is 1. The fourth-order valence-corrected chi connectivity index (χ4v) is 3.01. The summed E-state index contributed by atoms with van der Waals surface area (Å²) in [5.41, 5.74) is 2.16. The van der Waals surface area contributed by atoms with Crippen molar-refractivity contribution in [1.29, 1.82) is 0 Å². The van der Waals surface area contributed by atoms with Crippen LogP contribution in [-0.4, -0.2) is 38.7 Å². The number of benzene rings is 2. The Morgan fingerprint density at radius 1 is 1.00 bits per heavy atom. The van der Waals surface area contributed by atoms with E-state index in [9.17, 15) is 4.79 Å². The van der Waals surface area contributed by atoms with Gasteiger partial charge in [0.15, 0.2) is 18.1 Å². The van der Waals surface area contributed by atoms with Gasteiger partial charge in [0, 0.05) is 13.6 Å². The van der Waals surface area contributed by atoms with E-state index in [-0.39, 0.29) is 12.5 Å². The molecule has 2 aromatic rings. The molecule has 0 radical (unpaired) electrons. The number of ether oxygens (including phenoxy) is 3. The highest BCUT2D eigenvalue weighted by Crippen LogP contribution is 2.28. The van der Waals surface area contributed by atoms with Gasteiger partial charge in [-0.05, 0) is 57.7 Å². The SMILES string of the molecule is CCc1ccc(OCC(=O)N(C)Cc2ccc(OC)c(OC)c2)c(Br)c1. The number of amides is 1. The molecule has 0 saturated heterocycles. The van der Waals surface area contributed by atoms with Crippen LogP contribution in [0.5, 0.6) is 17.2 Å². The second-order valence-electron chi connectivity index (χ2n) is 5.85.